The average molecular weight is 456 g/mol. The Bertz CT molecular complexity index is 1170. The number of fused-ring (bicyclic) bond motifs is 1. The third kappa shape index (κ3) is 4.51. The number of hydrogen-bond donors (Lipinski definition) is 2. The Kier molecular flexibility index (Phi) is 5.91. The van der Waals surface area contributed by atoms with E-state index >= 15 is 0 Å². The van der Waals surface area contributed by atoms with Gasteiger partial charge in [-0.3, -0.25) is 4.79 Å². The Balaban J connectivity index is 1.30. The van der Waals surface area contributed by atoms with Crippen molar-refractivity contribution in [3.8, 4) is 11.3 Å². The van der Waals surface area contributed by atoms with Crippen LogP contribution < -0.4 is 5.32 Å². The molecule has 7 heteroatoms. The standard InChI is InChI=1S/C26H28F3N3O/c1-32-7-6-15(14-32)10-23(33)30-13-16-8-18(9-16)24-21-11-20(28)12-22(29)26(21)31-25(24)17-2-4-19(27)5-3-17/h2-5,11-12,15-16,18,31H,6-10,13-14H2,1H3,(H,30,33)/t15?,16-,18+. The summed E-state index contributed by atoms with van der Waals surface area (Å²) in [5.74, 6) is -0.635. The zero-order valence-electron chi connectivity index (χ0n) is 18.6. The summed E-state index contributed by atoms with van der Waals surface area (Å²) in [5.41, 5.74) is 2.57. The molecule has 1 saturated heterocycles. The number of nitrogens with zero attached hydrogens (tertiary/aromatic N) is 1. The molecule has 4 nitrogen and oxygen atoms in total. The highest BCUT2D eigenvalue weighted by Crippen LogP contribution is 2.48. The van der Waals surface area contributed by atoms with Crippen LogP contribution in [0.1, 0.15) is 37.2 Å². The molecule has 2 aliphatic rings. The first-order valence-corrected chi connectivity index (χ1v) is 11.6. The highest BCUT2D eigenvalue weighted by atomic mass is 19.1. The fourth-order valence-electron chi connectivity index (χ4n) is 5.43. The van der Waals surface area contributed by atoms with Gasteiger partial charge >= 0.3 is 0 Å². The van der Waals surface area contributed by atoms with Crippen molar-refractivity contribution in [2.75, 3.05) is 26.7 Å². The van der Waals surface area contributed by atoms with Crippen LogP contribution in [0.4, 0.5) is 13.2 Å². The minimum Gasteiger partial charge on any atom is -0.356 e. The lowest BCUT2D eigenvalue weighted by atomic mass is 9.70. The van der Waals surface area contributed by atoms with Crippen molar-refractivity contribution in [3.05, 3.63) is 59.4 Å². The summed E-state index contributed by atoms with van der Waals surface area (Å²) < 4.78 is 42.0. The molecule has 0 radical (unpaired) electrons. The molecule has 2 N–H and O–H groups in total. The first-order valence-electron chi connectivity index (χ1n) is 11.6. The van der Waals surface area contributed by atoms with Crippen LogP contribution in [0.25, 0.3) is 22.2 Å². The number of halogens is 3. The third-order valence-corrected chi connectivity index (χ3v) is 7.19. The largest absolute Gasteiger partial charge is 0.356 e. The van der Waals surface area contributed by atoms with Crippen LogP contribution in [0.3, 0.4) is 0 Å². The lowest BCUT2D eigenvalue weighted by Gasteiger charge is -2.36. The van der Waals surface area contributed by atoms with E-state index in [2.05, 4.69) is 22.2 Å². The maximum absolute atomic E-state index is 14.5. The number of carbonyl (C=O) groups is 1. The predicted molar refractivity (Wildman–Crippen MR) is 122 cm³/mol. The lowest BCUT2D eigenvalue weighted by Crippen LogP contribution is -2.36. The van der Waals surface area contributed by atoms with Gasteiger partial charge in [0.1, 0.15) is 17.5 Å². The van der Waals surface area contributed by atoms with Crippen LogP contribution in [0, 0.1) is 29.3 Å². The quantitative estimate of drug-likeness (QED) is 0.537. The molecule has 1 amide bonds. The average Bonchev–Trinajstić information content (AvgIpc) is 3.31. The van der Waals surface area contributed by atoms with Crippen molar-refractivity contribution in [2.45, 2.75) is 31.6 Å². The van der Waals surface area contributed by atoms with Crippen LogP contribution in [-0.2, 0) is 4.79 Å². The molecule has 2 fully saturated rings. The Labute approximate surface area is 191 Å². The van der Waals surface area contributed by atoms with E-state index in [1.54, 1.807) is 12.1 Å². The van der Waals surface area contributed by atoms with E-state index in [0.29, 0.717) is 35.9 Å². The van der Waals surface area contributed by atoms with Gasteiger partial charge < -0.3 is 15.2 Å². The van der Waals surface area contributed by atoms with Gasteiger partial charge in [-0.25, -0.2) is 13.2 Å². The van der Waals surface area contributed by atoms with E-state index in [9.17, 15) is 18.0 Å². The van der Waals surface area contributed by atoms with Gasteiger partial charge in [-0.15, -0.1) is 0 Å². The summed E-state index contributed by atoms with van der Waals surface area (Å²) in [6, 6.07) is 8.26. The molecule has 2 heterocycles. The summed E-state index contributed by atoms with van der Waals surface area (Å²) in [6.07, 6.45) is 3.28. The van der Waals surface area contributed by atoms with Gasteiger partial charge in [0.05, 0.1) is 11.2 Å². The molecule has 1 saturated carbocycles. The number of aromatic amines is 1. The number of rotatable bonds is 6. The molecule has 1 aliphatic heterocycles. The molecule has 1 atom stereocenters. The van der Waals surface area contributed by atoms with Crippen molar-refractivity contribution in [2.24, 2.45) is 11.8 Å². The van der Waals surface area contributed by atoms with E-state index < -0.39 is 11.6 Å². The monoisotopic (exact) mass is 455 g/mol. The number of hydrogen-bond acceptors (Lipinski definition) is 2. The number of aromatic nitrogens is 1. The van der Waals surface area contributed by atoms with Crippen molar-refractivity contribution in [1.82, 2.24) is 15.2 Å². The van der Waals surface area contributed by atoms with E-state index in [1.165, 1.54) is 18.2 Å². The molecule has 33 heavy (non-hydrogen) atoms. The highest BCUT2D eigenvalue weighted by Gasteiger charge is 2.35. The molecule has 3 aromatic rings. The Morgan fingerprint density at radius 2 is 1.85 bits per heavy atom. The fourth-order valence-corrected chi connectivity index (χ4v) is 5.43. The van der Waals surface area contributed by atoms with Gasteiger partial charge in [0, 0.05) is 31.0 Å². The second-order valence-electron chi connectivity index (χ2n) is 9.69. The molecule has 5 rings (SSSR count). The number of carbonyl (C=O) groups excluding carboxylic acids is 1. The van der Waals surface area contributed by atoms with E-state index in [4.69, 9.17) is 0 Å². The van der Waals surface area contributed by atoms with Crippen molar-refractivity contribution >= 4 is 16.8 Å². The summed E-state index contributed by atoms with van der Waals surface area (Å²) in [4.78, 5) is 17.7. The fraction of sp³-hybridized carbons (Fsp3) is 0.423. The second kappa shape index (κ2) is 8.86. The van der Waals surface area contributed by atoms with Gasteiger partial charge in [0.15, 0.2) is 0 Å². The Hall–Kier alpha value is -2.80. The molecule has 1 unspecified atom stereocenters. The lowest BCUT2D eigenvalue weighted by molar-refractivity contribution is -0.122. The zero-order chi connectivity index (χ0) is 23.1. The van der Waals surface area contributed by atoms with Crippen LogP contribution in [-0.4, -0.2) is 42.5 Å². The smallest absolute Gasteiger partial charge is 0.220 e. The molecule has 0 spiro atoms. The van der Waals surface area contributed by atoms with Crippen LogP contribution in [0.2, 0.25) is 0 Å². The second-order valence-corrected chi connectivity index (χ2v) is 9.69. The van der Waals surface area contributed by atoms with Gasteiger partial charge in [-0.05, 0) is 92.1 Å². The third-order valence-electron chi connectivity index (χ3n) is 7.19. The normalized spacial score (nSPS) is 23.1. The first kappa shape index (κ1) is 22.0. The molecule has 174 valence electrons. The van der Waals surface area contributed by atoms with Gasteiger partial charge in [-0.1, -0.05) is 0 Å². The SMILES string of the molecule is CN1CCC(CC(=O)NC[C@H]2C[C@@H](c3c(-c4ccc(F)cc4)[nH]c4c(F)cc(F)cc43)C2)C1. The summed E-state index contributed by atoms with van der Waals surface area (Å²) in [6.45, 7) is 2.64. The number of benzene rings is 2. The zero-order valence-corrected chi connectivity index (χ0v) is 18.6. The maximum Gasteiger partial charge on any atom is 0.220 e. The minimum atomic E-state index is -0.639. The summed E-state index contributed by atoms with van der Waals surface area (Å²) in [5, 5.41) is 3.61. The molecular weight excluding hydrogens is 427 g/mol. The number of likely N-dealkylation sites (tertiary alicyclic amines) is 1. The number of amides is 1. The van der Waals surface area contributed by atoms with Crippen LogP contribution in [0.5, 0.6) is 0 Å². The topological polar surface area (TPSA) is 48.1 Å². The van der Waals surface area contributed by atoms with Gasteiger partial charge in [-0.2, -0.15) is 0 Å². The molecule has 2 aromatic carbocycles. The molecule has 0 bridgehead atoms. The number of H-pyrrole nitrogens is 1. The van der Waals surface area contributed by atoms with Crippen molar-refractivity contribution in [3.63, 3.8) is 0 Å². The first-order chi connectivity index (χ1) is 15.9. The van der Waals surface area contributed by atoms with E-state index in [1.807, 2.05) is 0 Å². The van der Waals surface area contributed by atoms with E-state index in [-0.39, 0.29) is 23.2 Å². The Morgan fingerprint density at radius 1 is 1.09 bits per heavy atom. The van der Waals surface area contributed by atoms with Crippen molar-refractivity contribution < 1.29 is 18.0 Å². The predicted octanol–water partition coefficient (Wildman–Crippen LogP) is 5.20. The minimum absolute atomic E-state index is 0.0991. The van der Waals surface area contributed by atoms with Crippen molar-refractivity contribution in [1.29, 1.82) is 0 Å². The maximum atomic E-state index is 14.5. The van der Waals surface area contributed by atoms with Gasteiger partial charge in [0.2, 0.25) is 5.91 Å². The molecular formula is C26H28F3N3O. The van der Waals surface area contributed by atoms with Crippen LogP contribution >= 0.6 is 0 Å². The summed E-state index contributed by atoms with van der Waals surface area (Å²) >= 11 is 0. The summed E-state index contributed by atoms with van der Waals surface area (Å²) in [7, 11) is 2.08. The number of nitrogens with one attached hydrogen (secondary N) is 2. The van der Waals surface area contributed by atoms with Crippen LogP contribution in [0.15, 0.2) is 36.4 Å². The van der Waals surface area contributed by atoms with Gasteiger partial charge in [0.25, 0.3) is 0 Å². The highest BCUT2D eigenvalue weighted by molar-refractivity contribution is 5.92. The molecule has 1 aromatic heterocycles. The van der Waals surface area contributed by atoms with E-state index in [0.717, 1.165) is 49.5 Å². The Morgan fingerprint density at radius 3 is 2.55 bits per heavy atom. The molecule has 1 aliphatic carbocycles.